The van der Waals surface area contributed by atoms with Gasteiger partial charge in [-0.1, -0.05) is 6.92 Å². The molecule has 116 valence electrons. The zero-order valence-corrected chi connectivity index (χ0v) is 14.5. The van der Waals surface area contributed by atoms with Crippen molar-refractivity contribution in [3.63, 3.8) is 0 Å². The van der Waals surface area contributed by atoms with Gasteiger partial charge in [-0.25, -0.2) is 0 Å². The van der Waals surface area contributed by atoms with Crippen molar-refractivity contribution in [3.8, 4) is 0 Å². The highest BCUT2D eigenvalue weighted by molar-refractivity contribution is 9.10. The van der Waals surface area contributed by atoms with Gasteiger partial charge in [0.05, 0.1) is 28.6 Å². The van der Waals surface area contributed by atoms with E-state index in [1.807, 2.05) is 38.9 Å². The van der Waals surface area contributed by atoms with Crippen LogP contribution in [0.2, 0.25) is 0 Å². The van der Waals surface area contributed by atoms with E-state index in [1.165, 1.54) is 0 Å². The molecule has 1 N–H and O–H groups in total. The molecule has 7 heteroatoms. The summed E-state index contributed by atoms with van der Waals surface area (Å²) in [7, 11) is 5.91. The van der Waals surface area contributed by atoms with Gasteiger partial charge in [-0.15, -0.1) is 0 Å². The summed E-state index contributed by atoms with van der Waals surface area (Å²) in [6, 6.07) is 0. The predicted molar refractivity (Wildman–Crippen MR) is 85.1 cm³/mol. The summed E-state index contributed by atoms with van der Waals surface area (Å²) >= 11 is 3.49. The Balaban J connectivity index is 2.33. The quantitative estimate of drug-likeness (QED) is 0.854. The van der Waals surface area contributed by atoms with Crippen LogP contribution in [-0.4, -0.2) is 50.2 Å². The SMILES string of the molecule is CCc1nn(C)cc1C(O)c1c(Br)cnn1CCN(C)C. The van der Waals surface area contributed by atoms with E-state index in [-0.39, 0.29) is 0 Å². The van der Waals surface area contributed by atoms with E-state index in [4.69, 9.17) is 0 Å². The number of nitrogens with zero attached hydrogens (tertiary/aromatic N) is 5. The first-order chi connectivity index (χ1) is 9.93. The molecule has 6 nitrogen and oxygen atoms in total. The Morgan fingerprint density at radius 2 is 2.14 bits per heavy atom. The molecule has 0 saturated heterocycles. The van der Waals surface area contributed by atoms with Gasteiger partial charge in [-0.3, -0.25) is 9.36 Å². The Morgan fingerprint density at radius 1 is 1.43 bits per heavy atom. The van der Waals surface area contributed by atoms with Crippen molar-refractivity contribution in [2.24, 2.45) is 7.05 Å². The third-order valence-electron chi connectivity index (χ3n) is 3.42. The van der Waals surface area contributed by atoms with Crippen LogP contribution in [-0.2, 0) is 20.0 Å². The monoisotopic (exact) mass is 355 g/mol. The number of halogens is 1. The van der Waals surface area contributed by atoms with Crippen molar-refractivity contribution in [3.05, 3.63) is 33.8 Å². The predicted octanol–water partition coefficient (Wildman–Crippen LogP) is 1.58. The van der Waals surface area contributed by atoms with Crippen LogP contribution in [0.15, 0.2) is 16.9 Å². The van der Waals surface area contributed by atoms with Crippen LogP contribution in [0.4, 0.5) is 0 Å². The number of aliphatic hydroxyl groups is 1. The Labute approximate surface area is 133 Å². The molecule has 0 aromatic carbocycles. The van der Waals surface area contributed by atoms with Crippen LogP contribution in [0, 0.1) is 0 Å². The molecule has 2 aromatic rings. The highest BCUT2D eigenvalue weighted by atomic mass is 79.9. The van der Waals surface area contributed by atoms with Gasteiger partial charge in [-0.05, 0) is 36.4 Å². The van der Waals surface area contributed by atoms with Gasteiger partial charge in [0.25, 0.3) is 0 Å². The van der Waals surface area contributed by atoms with Crippen LogP contribution >= 0.6 is 15.9 Å². The first-order valence-corrected chi connectivity index (χ1v) is 7.79. The lowest BCUT2D eigenvalue weighted by Crippen LogP contribution is -2.21. The van der Waals surface area contributed by atoms with Crippen molar-refractivity contribution in [2.75, 3.05) is 20.6 Å². The lowest BCUT2D eigenvalue weighted by molar-refractivity contribution is 0.203. The molecule has 0 aliphatic rings. The number of aliphatic hydroxyl groups excluding tert-OH is 1. The largest absolute Gasteiger partial charge is 0.382 e. The lowest BCUT2D eigenvalue weighted by atomic mass is 10.1. The second-order valence-electron chi connectivity index (χ2n) is 5.37. The number of aryl methyl sites for hydroxylation is 2. The molecule has 0 aliphatic heterocycles. The minimum Gasteiger partial charge on any atom is -0.382 e. The van der Waals surface area contributed by atoms with Crippen molar-refractivity contribution >= 4 is 15.9 Å². The Morgan fingerprint density at radius 3 is 2.76 bits per heavy atom. The molecule has 2 aromatic heterocycles. The molecule has 21 heavy (non-hydrogen) atoms. The Kier molecular flexibility index (Phi) is 5.18. The smallest absolute Gasteiger partial charge is 0.125 e. The zero-order valence-electron chi connectivity index (χ0n) is 12.9. The fraction of sp³-hybridized carbons (Fsp3) is 0.571. The second kappa shape index (κ2) is 6.72. The third-order valence-corrected chi connectivity index (χ3v) is 4.03. The van der Waals surface area contributed by atoms with Crippen LogP contribution in [0.5, 0.6) is 0 Å². The summed E-state index contributed by atoms with van der Waals surface area (Å²) in [6.07, 6.45) is 3.67. The average Bonchev–Trinajstić information content (AvgIpc) is 2.98. The molecular weight excluding hydrogens is 334 g/mol. The Bertz CT molecular complexity index is 605. The molecule has 0 amide bonds. The molecule has 0 aliphatic carbocycles. The van der Waals surface area contributed by atoms with Crippen molar-refractivity contribution in [1.82, 2.24) is 24.5 Å². The molecule has 1 unspecified atom stereocenters. The van der Waals surface area contributed by atoms with Crippen molar-refractivity contribution in [2.45, 2.75) is 26.0 Å². The van der Waals surface area contributed by atoms with Gasteiger partial charge >= 0.3 is 0 Å². The first kappa shape index (κ1) is 16.2. The summed E-state index contributed by atoms with van der Waals surface area (Å²) in [5.41, 5.74) is 2.53. The standard InChI is InChI=1S/C14H22BrN5O/c1-5-12-10(9-19(4)17-12)14(21)13-11(15)8-16-20(13)7-6-18(2)3/h8-9,14,21H,5-7H2,1-4H3. The number of hydrogen-bond acceptors (Lipinski definition) is 4. The third kappa shape index (κ3) is 3.53. The number of rotatable bonds is 6. The van der Waals surface area contributed by atoms with Crippen LogP contribution in [0.25, 0.3) is 0 Å². The van der Waals surface area contributed by atoms with Gasteiger partial charge in [0, 0.05) is 25.4 Å². The summed E-state index contributed by atoms with van der Waals surface area (Å²) in [5.74, 6) is 0. The second-order valence-corrected chi connectivity index (χ2v) is 6.22. The number of likely N-dealkylation sites (N-methyl/N-ethyl adjacent to an activating group) is 1. The lowest BCUT2D eigenvalue weighted by Gasteiger charge is -2.16. The van der Waals surface area contributed by atoms with E-state index in [0.717, 1.165) is 40.9 Å². The number of aromatic nitrogens is 4. The highest BCUT2D eigenvalue weighted by Crippen LogP contribution is 2.30. The molecule has 0 fully saturated rings. The van der Waals surface area contributed by atoms with Gasteiger partial charge in [0.15, 0.2) is 0 Å². The minimum atomic E-state index is -0.729. The molecule has 0 spiro atoms. The van der Waals surface area contributed by atoms with Crippen LogP contribution in [0.1, 0.15) is 30.0 Å². The van der Waals surface area contributed by atoms with Gasteiger partial charge in [-0.2, -0.15) is 10.2 Å². The van der Waals surface area contributed by atoms with Gasteiger partial charge in [0.1, 0.15) is 6.10 Å². The maximum atomic E-state index is 10.8. The van der Waals surface area contributed by atoms with E-state index in [9.17, 15) is 5.11 Å². The first-order valence-electron chi connectivity index (χ1n) is 7.00. The molecular formula is C14H22BrN5O. The van der Waals surface area contributed by atoms with Crippen LogP contribution < -0.4 is 0 Å². The van der Waals surface area contributed by atoms with Crippen molar-refractivity contribution < 1.29 is 5.11 Å². The summed E-state index contributed by atoms with van der Waals surface area (Å²) < 4.78 is 4.41. The van der Waals surface area contributed by atoms with E-state index < -0.39 is 6.10 Å². The fourth-order valence-electron chi connectivity index (χ4n) is 2.32. The highest BCUT2D eigenvalue weighted by Gasteiger charge is 2.23. The molecule has 2 rings (SSSR count). The minimum absolute atomic E-state index is 0.729. The van der Waals surface area contributed by atoms with Crippen LogP contribution in [0.3, 0.4) is 0 Å². The van der Waals surface area contributed by atoms with E-state index in [0.29, 0.717) is 0 Å². The summed E-state index contributed by atoms with van der Waals surface area (Å²) in [6.45, 7) is 3.63. The zero-order chi connectivity index (χ0) is 15.6. The molecule has 1 atom stereocenters. The Hall–Kier alpha value is -1.18. The summed E-state index contributed by atoms with van der Waals surface area (Å²) in [5, 5.41) is 19.5. The molecule has 0 saturated carbocycles. The molecule has 0 radical (unpaired) electrons. The molecule has 0 bridgehead atoms. The topological polar surface area (TPSA) is 59.1 Å². The maximum absolute atomic E-state index is 10.8. The van der Waals surface area contributed by atoms with E-state index >= 15 is 0 Å². The molecule has 2 heterocycles. The fourth-order valence-corrected chi connectivity index (χ4v) is 2.83. The normalized spacial score (nSPS) is 13.1. The summed E-state index contributed by atoms with van der Waals surface area (Å²) in [4.78, 5) is 2.09. The number of hydrogen-bond donors (Lipinski definition) is 1. The van der Waals surface area contributed by atoms with Gasteiger partial charge in [0.2, 0.25) is 0 Å². The maximum Gasteiger partial charge on any atom is 0.125 e. The van der Waals surface area contributed by atoms with Crippen molar-refractivity contribution in [1.29, 1.82) is 0 Å². The van der Waals surface area contributed by atoms with E-state index in [2.05, 4.69) is 31.0 Å². The van der Waals surface area contributed by atoms with Gasteiger partial charge < -0.3 is 10.0 Å². The average molecular weight is 356 g/mol. The van der Waals surface area contributed by atoms with E-state index in [1.54, 1.807) is 10.9 Å².